The van der Waals surface area contributed by atoms with Crippen LogP contribution in [0.15, 0.2) is 31.0 Å². The van der Waals surface area contributed by atoms with Gasteiger partial charge >= 0.3 is 0 Å². The molecule has 1 saturated carbocycles. The molecule has 0 aliphatic heterocycles. The van der Waals surface area contributed by atoms with Crippen LogP contribution >= 0.6 is 11.6 Å². The minimum atomic E-state index is -2.64. The second-order valence-electron chi connectivity index (χ2n) is 7.34. The van der Waals surface area contributed by atoms with Gasteiger partial charge in [0.2, 0.25) is 0 Å². The zero-order valence-corrected chi connectivity index (χ0v) is 16.7. The molecule has 6 heteroatoms. The molecule has 2 N–H and O–H groups in total. The second-order valence-corrected chi connectivity index (χ2v) is 7.75. The van der Waals surface area contributed by atoms with E-state index in [1.54, 1.807) is 6.92 Å². The Morgan fingerprint density at radius 1 is 1.37 bits per heavy atom. The van der Waals surface area contributed by atoms with Gasteiger partial charge in [0.15, 0.2) is 0 Å². The Morgan fingerprint density at radius 2 is 2.07 bits per heavy atom. The minimum absolute atomic E-state index is 0.0602. The fourth-order valence-electron chi connectivity index (χ4n) is 3.55. The van der Waals surface area contributed by atoms with Crippen LogP contribution < -0.4 is 0 Å². The van der Waals surface area contributed by atoms with Crippen molar-refractivity contribution in [3.05, 3.63) is 47.3 Å². The number of aliphatic hydroxyl groups is 2. The highest BCUT2D eigenvalue weighted by molar-refractivity contribution is 6.34. The molecule has 0 aromatic carbocycles. The van der Waals surface area contributed by atoms with Crippen LogP contribution in [-0.4, -0.2) is 32.7 Å². The molecule has 2 aromatic rings. The van der Waals surface area contributed by atoms with Crippen molar-refractivity contribution in [2.75, 3.05) is 6.61 Å². The van der Waals surface area contributed by atoms with Crippen LogP contribution in [0.5, 0.6) is 0 Å². The van der Waals surface area contributed by atoms with Gasteiger partial charge in [0.25, 0.3) is 5.92 Å². The Balaban J connectivity index is 0.000000208. The van der Waals surface area contributed by atoms with Gasteiger partial charge in [-0.2, -0.15) is 0 Å². The van der Waals surface area contributed by atoms with E-state index < -0.39 is 11.5 Å². The summed E-state index contributed by atoms with van der Waals surface area (Å²) in [5, 5.41) is 19.3. The van der Waals surface area contributed by atoms with Gasteiger partial charge in [0, 0.05) is 43.3 Å². The van der Waals surface area contributed by atoms with Gasteiger partial charge in [-0.1, -0.05) is 25.1 Å². The van der Waals surface area contributed by atoms with E-state index in [0.29, 0.717) is 30.7 Å². The van der Waals surface area contributed by atoms with Gasteiger partial charge < -0.3 is 14.6 Å². The van der Waals surface area contributed by atoms with E-state index in [2.05, 4.69) is 6.58 Å². The third-order valence-corrected chi connectivity index (χ3v) is 5.38. The lowest BCUT2D eigenvalue weighted by atomic mass is 9.81. The zero-order chi connectivity index (χ0) is 20.2. The quantitative estimate of drug-likeness (QED) is 0.713. The lowest BCUT2D eigenvalue weighted by Gasteiger charge is -2.35. The normalized spacial score (nSPS) is 21.6. The molecule has 2 heterocycles. The summed E-state index contributed by atoms with van der Waals surface area (Å²) in [6.07, 6.45) is 3.57. The standard InChI is InChI=1S/C13H14ClNO.C8H14F2O/c1-9(2)11-8-10(5-7-16)15-6-3-4-12(14)13(11)15;1-2-7(11)4-3-5-8(9,10)6-7/h3-4,6,8,16H,1,5,7H2,2H3;11H,2-6H2,1H3. The van der Waals surface area contributed by atoms with Crippen LogP contribution in [0.1, 0.15) is 57.2 Å². The molecule has 2 aromatic heterocycles. The summed E-state index contributed by atoms with van der Waals surface area (Å²) in [7, 11) is 0. The summed E-state index contributed by atoms with van der Waals surface area (Å²) in [5.74, 6) is -2.64. The van der Waals surface area contributed by atoms with Crippen LogP contribution in [0.2, 0.25) is 5.02 Å². The predicted molar refractivity (Wildman–Crippen MR) is 107 cm³/mol. The number of hydrogen-bond acceptors (Lipinski definition) is 2. The SMILES string of the molecule is C=C(C)c1cc(CCO)n2cccc(Cl)c12.CCC1(O)CCCC(F)(F)C1. The van der Waals surface area contributed by atoms with E-state index in [0.717, 1.165) is 22.3 Å². The summed E-state index contributed by atoms with van der Waals surface area (Å²) in [6.45, 7) is 7.80. The zero-order valence-electron chi connectivity index (χ0n) is 15.9. The van der Waals surface area contributed by atoms with Crippen molar-refractivity contribution in [1.82, 2.24) is 4.40 Å². The summed E-state index contributed by atoms with van der Waals surface area (Å²) < 4.78 is 27.5. The first kappa shape index (κ1) is 21.9. The van der Waals surface area contributed by atoms with Gasteiger partial charge in [-0.05, 0) is 50.0 Å². The molecule has 0 bridgehead atoms. The van der Waals surface area contributed by atoms with Gasteiger partial charge in [-0.3, -0.25) is 0 Å². The van der Waals surface area contributed by atoms with E-state index in [1.165, 1.54) is 0 Å². The minimum Gasteiger partial charge on any atom is -0.396 e. The van der Waals surface area contributed by atoms with Crippen molar-refractivity contribution in [2.45, 2.75) is 63.9 Å². The summed E-state index contributed by atoms with van der Waals surface area (Å²) in [4.78, 5) is 0. The highest BCUT2D eigenvalue weighted by Gasteiger charge is 2.43. The number of pyridine rings is 1. The topological polar surface area (TPSA) is 44.9 Å². The van der Waals surface area contributed by atoms with Gasteiger partial charge in [-0.25, -0.2) is 8.78 Å². The number of alkyl halides is 2. The van der Waals surface area contributed by atoms with Crippen LogP contribution in [0, 0.1) is 0 Å². The van der Waals surface area contributed by atoms with Gasteiger partial charge in [0.05, 0.1) is 16.1 Å². The van der Waals surface area contributed by atoms with Crippen LogP contribution in [0.3, 0.4) is 0 Å². The van der Waals surface area contributed by atoms with Gasteiger partial charge in [-0.15, -0.1) is 0 Å². The van der Waals surface area contributed by atoms with E-state index in [9.17, 15) is 13.9 Å². The first-order valence-corrected chi connectivity index (χ1v) is 9.65. The summed E-state index contributed by atoms with van der Waals surface area (Å²) in [6, 6.07) is 5.81. The molecule has 1 atom stereocenters. The number of fused-ring (bicyclic) bond motifs is 1. The smallest absolute Gasteiger partial charge is 0.250 e. The Hall–Kier alpha value is -1.43. The molecule has 1 fully saturated rings. The number of allylic oxidation sites excluding steroid dienone is 1. The maximum absolute atomic E-state index is 12.7. The molecule has 1 unspecified atom stereocenters. The first-order valence-electron chi connectivity index (χ1n) is 9.28. The molecule has 150 valence electrons. The second kappa shape index (κ2) is 8.72. The highest BCUT2D eigenvalue weighted by Crippen LogP contribution is 2.40. The molecule has 0 radical (unpaired) electrons. The number of aliphatic hydroxyl groups excluding tert-OH is 1. The Labute approximate surface area is 164 Å². The third-order valence-electron chi connectivity index (χ3n) is 5.08. The van der Waals surface area contributed by atoms with Crippen molar-refractivity contribution in [1.29, 1.82) is 0 Å². The Kier molecular flexibility index (Phi) is 7.06. The maximum atomic E-state index is 12.7. The number of aromatic nitrogens is 1. The lowest BCUT2D eigenvalue weighted by molar-refractivity contribution is -0.125. The molecule has 0 amide bonds. The van der Waals surface area contributed by atoms with Crippen molar-refractivity contribution in [3.63, 3.8) is 0 Å². The number of halogens is 3. The first-order chi connectivity index (χ1) is 12.6. The average Bonchev–Trinajstić information content (AvgIpc) is 2.95. The maximum Gasteiger partial charge on any atom is 0.250 e. The van der Waals surface area contributed by atoms with E-state index >= 15 is 0 Å². The monoisotopic (exact) mass is 399 g/mol. The van der Waals surface area contributed by atoms with Crippen molar-refractivity contribution < 1.29 is 19.0 Å². The molecule has 3 nitrogen and oxygen atoms in total. The lowest BCUT2D eigenvalue weighted by Crippen LogP contribution is -2.40. The molecule has 3 rings (SSSR count). The van der Waals surface area contributed by atoms with Gasteiger partial charge in [0.1, 0.15) is 0 Å². The molecule has 1 aliphatic carbocycles. The predicted octanol–water partition coefficient (Wildman–Crippen LogP) is 5.50. The molecule has 1 aliphatic rings. The fourth-order valence-corrected chi connectivity index (χ4v) is 3.82. The van der Waals surface area contributed by atoms with E-state index in [4.69, 9.17) is 16.7 Å². The number of nitrogens with zero attached hydrogens (tertiary/aromatic N) is 1. The molecule has 0 spiro atoms. The van der Waals surface area contributed by atoms with Crippen molar-refractivity contribution >= 4 is 22.7 Å². The van der Waals surface area contributed by atoms with Crippen LogP contribution in [0.25, 0.3) is 11.1 Å². The van der Waals surface area contributed by atoms with Crippen LogP contribution in [-0.2, 0) is 6.42 Å². The van der Waals surface area contributed by atoms with Crippen LogP contribution in [0.4, 0.5) is 8.78 Å². The van der Waals surface area contributed by atoms with E-state index in [-0.39, 0.29) is 19.4 Å². The van der Waals surface area contributed by atoms with E-state index in [1.807, 2.05) is 35.7 Å². The highest BCUT2D eigenvalue weighted by atomic mass is 35.5. The van der Waals surface area contributed by atoms with Crippen molar-refractivity contribution in [2.24, 2.45) is 0 Å². The Morgan fingerprint density at radius 3 is 2.59 bits per heavy atom. The van der Waals surface area contributed by atoms with Crippen molar-refractivity contribution in [3.8, 4) is 0 Å². The summed E-state index contributed by atoms with van der Waals surface area (Å²) >= 11 is 6.20. The molecule has 0 saturated heterocycles. The Bertz CT molecular complexity index is 803. The number of hydrogen-bond donors (Lipinski definition) is 2. The summed E-state index contributed by atoms with van der Waals surface area (Å²) in [5.41, 5.74) is 2.96. The number of rotatable bonds is 4. The largest absolute Gasteiger partial charge is 0.396 e. The fraction of sp³-hybridized carbons (Fsp3) is 0.524. The molecular formula is C21H28ClF2NO2. The third kappa shape index (κ3) is 5.31. The average molecular weight is 400 g/mol. The molecular weight excluding hydrogens is 372 g/mol. The molecule has 27 heavy (non-hydrogen) atoms.